The van der Waals surface area contributed by atoms with E-state index in [-0.39, 0.29) is 36.1 Å². The number of carboxylic acid groups (broad SMARTS) is 1. The van der Waals surface area contributed by atoms with Crippen molar-refractivity contribution in [3.8, 4) is 17.2 Å². The second-order valence-electron chi connectivity index (χ2n) is 6.82. The van der Waals surface area contributed by atoms with E-state index in [1.807, 2.05) is 6.92 Å². The zero-order valence-electron chi connectivity index (χ0n) is 17.7. The summed E-state index contributed by atoms with van der Waals surface area (Å²) < 4.78 is 30.4. The van der Waals surface area contributed by atoms with Crippen molar-refractivity contribution >= 4 is 17.7 Å². The van der Waals surface area contributed by atoms with E-state index in [9.17, 15) is 18.8 Å². The van der Waals surface area contributed by atoms with Crippen molar-refractivity contribution in [2.75, 3.05) is 13.2 Å². The van der Waals surface area contributed by atoms with Crippen LogP contribution in [0.25, 0.3) is 0 Å². The van der Waals surface area contributed by atoms with Crippen LogP contribution in [0.15, 0.2) is 30.3 Å². The monoisotopic (exact) mass is 432 g/mol. The average Bonchev–Trinajstić information content (AvgIpc) is 2.70. The van der Waals surface area contributed by atoms with E-state index >= 15 is 0 Å². The fourth-order valence-electron chi connectivity index (χ4n) is 2.94. The highest BCUT2D eigenvalue weighted by molar-refractivity contribution is 5.98. The summed E-state index contributed by atoms with van der Waals surface area (Å²) in [6, 6.07) is 6.66. The largest absolute Gasteiger partial charge is 0.493 e. The minimum absolute atomic E-state index is 0.0420. The van der Waals surface area contributed by atoms with Gasteiger partial charge in [0.1, 0.15) is 11.5 Å². The Morgan fingerprint density at radius 3 is 2.19 bits per heavy atom. The number of ketones is 1. The lowest BCUT2D eigenvalue weighted by Gasteiger charge is -2.17. The molecule has 7 nitrogen and oxygen atoms in total. The van der Waals surface area contributed by atoms with Crippen LogP contribution in [0.4, 0.5) is 4.39 Å². The van der Waals surface area contributed by atoms with Gasteiger partial charge in [-0.25, -0.2) is 9.18 Å². The lowest BCUT2D eigenvalue weighted by atomic mass is 10.0. The van der Waals surface area contributed by atoms with E-state index in [1.165, 1.54) is 26.0 Å². The van der Waals surface area contributed by atoms with E-state index in [4.69, 9.17) is 19.3 Å². The van der Waals surface area contributed by atoms with Gasteiger partial charge in [-0.1, -0.05) is 13.3 Å². The molecule has 0 aliphatic heterocycles. The van der Waals surface area contributed by atoms with Gasteiger partial charge in [-0.3, -0.25) is 9.59 Å². The Balaban J connectivity index is 2.04. The maximum Gasteiger partial charge on any atom is 0.335 e. The third-order valence-electron chi connectivity index (χ3n) is 4.33. The Morgan fingerprint density at radius 1 is 1.00 bits per heavy atom. The van der Waals surface area contributed by atoms with Crippen molar-refractivity contribution in [2.45, 2.75) is 40.0 Å². The molecule has 0 heterocycles. The Kier molecular flexibility index (Phi) is 8.54. The summed E-state index contributed by atoms with van der Waals surface area (Å²) in [4.78, 5) is 34.3. The summed E-state index contributed by atoms with van der Waals surface area (Å²) in [5.74, 6) is -2.04. The highest BCUT2D eigenvalue weighted by Gasteiger charge is 2.19. The molecule has 8 heteroatoms. The van der Waals surface area contributed by atoms with E-state index < -0.39 is 17.8 Å². The summed E-state index contributed by atoms with van der Waals surface area (Å²) in [6.07, 6.45) is 1.72. The van der Waals surface area contributed by atoms with Gasteiger partial charge in [0, 0.05) is 18.9 Å². The number of carbonyl (C=O) groups is 3. The smallest absolute Gasteiger partial charge is 0.335 e. The molecule has 0 aliphatic carbocycles. The number of ether oxygens (including phenoxy) is 3. The molecule has 2 rings (SSSR count). The number of hydrogen-bond acceptors (Lipinski definition) is 6. The molecule has 0 fully saturated rings. The fraction of sp³-hybridized carbons (Fsp3) is 0.348. The van der Waals surface area contributed by atoms with Gasteiger partial charge in [0.05, 0.1) is 24.3 Å². The van der Waals surface area contributed by atoms with Crippen molar-refractivity contribution in [1.82, 2.24) is 0 Å². The molecule has 0 unspecified atom stereocenters. The molecular formula is C23H25FO7. The van der Waals surface area contributed by atoms with Crippen LogP contribution in [-0.2, 0) is 11.2 Å². The van der Waals surface area contributed by atoms with Crippen molar-refractivity contribution in [3.05, 3.63) is 52.8 Å². The highest BCUT2D eigenvalue weighted by Crippen LogP contribution is 2.34. The first-order valence-corrected chi connectivity index (χ1v) is 9.88. The molecule has 1 N–H and O–H groups in total. The molecule has 0 radical (unpaired) electrons. The molecule has 0 bridgehead atoms. The molecule has 0 aromatic heterocycles. The van der Waals surface area contributed by atoms with Crippen LogP contribution in [0, 0.1) is 5.82 Å². The van der Waals surface area contributed by atoms with Crippen molar-refractivity contribution in [3.63, 3.8) is 0 Å². The Morgan fingerprint density at radius 2 is 1.65 bits per heavy atom. The van der Waals surface area contributed by atoms with Gasteiger partial charge in [-0.05, 0) is 43.7 Å². The summed E-state index contributed by atoms with van der Waals surface area (Å²) >= 11 is 0. The van der Waals surface area contributed by atoms with Crippen LogP contribution in [-0.4, -0.2) is 36.0 Å². The van der Waals surface area contributed by atoms with Gasteiger partial charge in [-0.15, -0.1) is 0 Å². The van der Waals surface area contributed by atoms with E-state index in [0.29, 0.717) is 29.7 Å². The quantitative estimate of drug-likeness (QED) is 0.242. The number of rotatable bonds is 11. The van der Waals surface area contributed by atoms with Gasteiger partial charge >= 0.3 is 11.9 Å². The van der Waals surface area contributed by atoms with Crippen LogP contribution in [0.3, 0.4) is 0 Å². The molecule has 2 aromatic carbocycles. The molecule has 0 spiro atoms. The first kappa shape index (κ1) is 23.9. The van der Waals surface area contributed by atoms with Crippen LogP contribution >= 0.6 is 0 Å². The number of Topliss-reactive ketones (excluding diaryl/α,β-unsaturated/α-hetero) is 1. The number of benzene rings is 2. The van der Waals surface area contributed by atoms with Crippen LogP contribution in [0.2, 0.25) is 0 Å². The minimum atomic E-state index is -1.22. The summed E-state index contributed by atoms with van der Waals surface area (Å²) in [6.45, 7) is 5.02. The third-order valence-corrected chi connectivity index (χ3v) is 4.33. The molecule has 31 heavy (non-hydrogen) atoms. The molecule has 0 saturated heterocycles. The van der Waals surface area contributed by atoms with E-state index in [2.05, 4.69) is 0 Å². The van der Waals surface area contributed by atoms with Crippen molar-refractivity contribution in [1.29, 1.82) is 0 Å². The highest BCUT2D eigenvalue weighted by atomic mass is 19.1. The minimum Gasteiger partial charge on any atom is -0.493 e. The van der Waals surface area contributed by atoms with Gasteiger partial charge in [0.25, 0.3) is 0 Å². The maximum absolute atomic E-state index is 13.9. The second kappa shape index (κ2) is 11.1. The standard InChI is InChI=1S/C23H25FO7/c1-4-6-18-20(10-8-17(14(2)25)22(18)31-15(3)26)29-11-5-12-30-21-9-7-16(23(27)28)13-19(21)24/h7-10,13H,4-6,11-12H2,1-3H3,(H,27,28). The Hall–Kier alpha value is -3.42. The van der Waals surface area contributed by atoms with Gasteiger partial charge in [-0.2, -0.15) is 0 Å². The summed E-state index contributed by atoms with van der Waals surface area (Å²) in [5.41, 5.74) is 0.797. The number of aromatic carboxylic acids is 1. The van der Waals surface area contributed by atoms with Crippen LogP contribution in [0.5, 0.6) is 17.2 Å². The maximum atomic E-state index is 13.9. The first-order chi connectivity index (χ1) is 14.7. The summed E-state index contributed by atoms with van der Waals surface area (Å²) in [5, 5.41) is 8.86. The molecule has 0 aliphatic rings. The molecule has 166 valence electrons. The Labute approximate surface area is 179 Å². The van der Waals surface area contributed by atoms with Crippen molar-refractivity contribution in [2.24, 2.45) is 0 Å². The topological polar surface area (TPSA) is 99.1 Å². The van der Waals surface area contributed by atoms with Crippen molar-refractivity contribution < 1.29 is 38.1 Å². The number of halogens is 1. The molecule has 0 atom stereocenters. The predicted molar refractivity (Wildman–Crippen MR) is 111 cm³/mol. The SMILES string of the molecule is CCCc1c(OCCCOc2ccc(C(=O)O)cc2F)ccc(C(C)=O)c1OC(C)=O. The Bertz CT molecular complexity index is 969. The molecule has 0 saturated carbocycles. The third kappa shape index (κ3) is 6.53. The van der Waals surface area contributed by atoms with E-state index in [0.717, 1.165) is 12.5 Å². The normalized spacial score (nSPS) is 10.5. The first-order valence-electron chi connectivity index (χ1n) is 9.88. The average molecular weight is 432 g/mol. The molecular weight excluding hydrogens is 407 g/mol. The second-order valence-corrected chi connectivity index (χ2v) is 6.82. The lowest BCUT2D eigenvalue weighted by Crippen LogP contribution is -2.12. The van der Waals surface area contributed by atoms with Gasteiger partial charge < -0.3 is 19.3 Å². The number of hydrogen-bond donors (Lipinski definition) is 1. The zero-order valence-corrected chi connectivity index (χ0v) is 17.7. The van der Waals surface area contributed by atoms with Gasteiger partial charge in [0.2, 0.25) is 0 Å². The summed E-state index contributed by atoms with van der Waals surface area (Å²) in [7, 11) is 0. The lowest BCUT2D eigenvalue weighted by molar-refractivity contribution is -0.131. The molecule has 0 amide bonds. The fourth-order valence-corrected chi connectivity index (χ4v) is 2.94. The predicted octanol–water partition coefficient (Wildman–Crippen LogP) is 4.45. The zero-order chi connectivity index (χ0) is 23.0. The van der Waals surface area contributed by atoms with E-state index in [1.54, 1.807) is 12.1 Å². The number of carbonyl (C=O) groups excluding carboxylic acids is 2. The number of carboxylic acids is 1. The molecule has 2 aromatic rings. The van der Waals surface area contributed by atoms with Crippen LogP contribution in [0.1, 0.15) is 59.9 Å². The van der Waals surface area contributed by atoms with Gasteiger partial charge in [0.15, 0.2) is 17.3 Å². The van der Waals surface area contributed by atoms with Crippen LogP contribution < -0.4 is 14.2 Å². The number of esters is 1.